The maximum absolute atomic E-state index is 13.3. The molecule has 0 atom stereocenters. The molecule has 1 heterocycles. The Morgan fingerprint density at radius 2 is 1.85 bits per heavy atom. The molecular formula is C10H4Cl3FN4O2. The van der Waals surface area contributed by atoms with Crippen LogP contribution in [0.3, 0.4) is 0 Å². The first-order valence-electron chi connectivity index (χ1n) is 4.97. The van der Waals surface area contributed by atoms with E-state index in [0.29, 0.717) is 0 Å². The summed E-state index contributed by atoms with van der Waals surface area (Å²) in [5, 5.41) is 12.8. The number of aromatic nitrogens is 2. The molecule has 0 amide bonds. The predicted molar refractivity (Wildman–Crippen MR) is 73.4 cm³/mol. The molecule has 104 valence electrons. The molecule has 0 bridgehead atoms. The standard InChI is InChI=1S/C10H4Cl3FN4O2/c11-5-1-4(2-6(12)8(5)14)16-9-7(18(19)20)3-15-10(13)17-9/h1-3H,(H,15,16,17). The van der Waals surface area contributed by atoms with Gasteiger partial charge in [0.25, 0.3) is 0 Å². The van der Waals surface area contributed by atoms with Gasteiger partial charge in [-0.1, -0.05) is 23.2 Å². The molecule has 0 unspecified atom stereocenters. The molecule has 0 aliphatic rings. The van der Waals surface area contributed by atoms with E-state index in [1.807, 2.05) is 0 Å². The van der Waals surface area contributed by atoms with E-state index in [2.05, 4.69) is 15.3 Å². The number of benzene rings is 1. The van der Waals surface area contributed by atoms with Crippen LogP contribution < -0.4 is 5.32 Å². The number of anilines is 2. The number of halogens is 4. The van der Waals surface area contributed by atoms with E-state index in [9.17, 15) is 14.5 Å². The predicted octanol–water partition coefficient (Wildman–Crippen LogP) is 4.23. The van der Waals surface area contributed by atoms with Crippen LogP contribution in [0.1, 0.15) is 0 Å². The number of nitrogens with zero attached hydrogens (tertiary/aromatic N) is 3. The molecule has 2 aromatic rings. The van der Waals surface area contributed by atoms with Crippen LogP contribution in [0.4, 0.5) is 21.6 Å². The molecule has 0 saturated heterocycles. The van der Waals surface area contributed by atoms with Crippen molar-refractivity contribution in [2.24, 2.45) is 0 Å². The third-order valence-corrected chi connectivity index (χ3v) is 2.92. The number of nitro groups is 1. The Bertz CT molecular complexity index is 675. The second kappa shape index (κ2) is 5.74. The first-order chi connectivity index (χ1) is 9.38. The highest BCUT2D eigenvalue weighted by molar-refractivity contribution is 6.35. The molecule has 10 heteroatoms. The summed E-state index contributed by atoms with van der Waals surface area (Å²) in [6.07, 6.45) is 0.949. The minimum Gasteiger partial charge on any atom is -0.334 e. The van der Waals surface area contributed by atoms with Crippen molar-refractivity contribution in [1.29, 1.82) is 0 Å². The highest BCUT2D eigenvalue weighted by atomic mass is 35.5. The number of hydrogen-bond donors (Lipinski definition) is 1. The highest BCUT2D eigenvalue weighted by Gasteiger charge is 2.18. The van der Waals surface area contributed by atoms with Gasteiger partial charge < -0.3 is 5.32 Å². The van der Waals surface area contributed by atoms with E-state index in [0.717, 1.165) is 6.20 Å². The van der Waals surface area contributed by atoms with Gasteiger partial charge in [0, 0.05) is 5.69 Å². The van der Waals surface area contributed by atoms with Gasteiger partial charge in [0.2, 0.25) is 11.1 Å². The number of rotatable bonds is 3. The van der Waals surface area contributed by atoms with Crippen molar-refractivity contribution in [2.75, 3.05) is 5.32 Å². The van der Waals surface area contributed by atoms with Gasteiger partial charge in [-0.2, -0.15) is 4.98 Å². The van der Waals surface area contributed by atoms with E-state index >= 15 is 0 Å². The SMILES string of the molecule is O=[N+]([O-])c1cnc(Cl)nc1Nc1cc(Cl)c(F)c(Cl)c1. The molecule has 1 aromatic carbocycles. The van der Waals surface area contributed by atoms with Crippen molar-refractivity contribution in [3.05, 3.63) is 49.6 Å². The molecule has 0 aliphatic heterocycles. The van der Waals surface area contributed by atoms with E-state index in [4.69, 9.17) is 34.8 Å². The van der Waals surface area contributed by atoms with E-state index in [1.54, 1.807) is 0 Å². The monoisotopic (exact) mass is 336 g/mol. The van der Waals surface area contributed by atoms with Gasteiger partial charge in [0.05, 0.1) is 15.0 Å². The largest absolute Gasteiger partial charge is 0.334 e. The second-order valence-corrected chi connectivity index (χ2v) is 4.66. The molecule has 0 spiro atoms. The average Bonchev–Trinajstić information content (AvgIpc) is 2.35. The molecule has 2 rings (SSSR count). The van der Waals surface area contributed by atoms with Gasteiger partial charge >= 0.3 is 5.69 Å². The molecule has 0 fully saturated rings. The van der Waals surface area contributed by atoms with Crippen molar-refractivity contribution in [2.45, 2.75) is 0 Å². The molecule has 1 N–H and O–H groups in total. The van der Waals surface area contributed by atoms with Crippen molar-refractivity contribution < 1.29 is 9.31 Å². The molecule has 0 saturated carbocycles. The lowest BCUT2D eigenvalue weighted by molar-refractivity contribution is -0.384. The fraction of sp³-hybridized carbons (Fsp3) is 0. The van der Waals surface area contributed by atoms with Gasteiger partial charge in [0.1, 0.15) is 6.20 Å². The highest BCUT2D eigenvalue weighted by Crippen LogP contribution is 2.31. The minimum atomic E-state index is -0.783. The summed E-state index contributed by atoms with van der Waals surface area (Å²) in [6.45, 7) is 0. The molecule has 0 radical (unpaired) electrons. The Balaban J connectivity index is 2.44. The van der Waals surface area contributed by atoms with Gasteiger partial charge in [-0.15, -0.1) is 0 Å². The maximum atomic E-state index is 13.3. The topological polar surface area (TPSA) is 81.0 Å². The van der Waals surface area contributed by atoms with Crippen molar-refractivity contribution in [3.63, 3.8) is 0 Å². The average molecular weight is 338 g/mol. The Kier molecular flexibility index (Phi) is 4.22. The Labute approximate surface area is 126 Å². The van der Waals surface area contributed by atoms with E-state index in [1.165, 1.54) is 12.1 Å². The zero-order valence-corrected chi connectivity index (χ0v) is 11.7. The minimum absolute atomic E-state index is 0.159. The molecule has 1 aromatic heterocycles. The van der Waals surface area contributed by atoms with Crippen LogP contribution in [0.15, 0.2) is 18.3 Å². The zero-order valence-electron chi connectivity index (χ0n) is 9.40. The first kappa shape index (κ1) is 14.7. The van der Waals surface area contributed by atoms with E-state index < -0.39 is 16.4 Å². The summed E-state index contributed by atoms with van der Waals surface area (Å²) in [7, 11) is 0. The van der Waals surface area contributed by atoms with Crippen LogP contribution in [0, 0.1) is 15.9 Å². The first-order valence-corrected chi connectivity index (χ1v) is 6.10. The van der Waals surface area contributed by atoms with Crippen molar-refractivity contribution >= 4 is 52.0 Å². The summed E-state index contributed by atoms with van der Waals surface area (Å²) < 4.78 is 13.3. The fourth-order valence-corrected chi connectivity index (χ4v) is 1.96. The quantitative estimate of drug-likeness (QED) is 0.392. The summed E-state index contributed by atoms with van der Waals surface area (Å²) in [6, 6.07) is 2.42. The number of hydrogen-bond acceptors (Lipinski definition) is 5. The van der Waals surface area contributed by atoms with Gasteiger partial charge in [-0.3, -0.25) is 10.1 Å². The summed E-state index contributed by atoms with van der Waals surface area (Å²) in [5.74, 6) is -0.942. The van der Waals surface area contributed by atoms with Crippen LogP contribution in [0.2, 0.25) is 15.3 Å². The Morgan fingerprint density at radius 3 is 2.40 bits per heavy atom. The van der Waals surface area contributed by atoms with Crippen LogP contribution in [0.25, 0.3) is 0 Å². The Hall–Kier alpha value is -1.70. The van der Waals surface area contributed by atoms with Gasteiger partial charge in [0.15, 0.2) is 5.82 Å². The summed E-state index contributed by atoms with van der Waals surface area (Å²) in [4.78, 5) is 17.4. The van der Waals surface area contributed by atoms with Gasteiger partial charge in [-0.05, 0) is 23.7 Å². The molecule has 6 nitrogen and oxygen atoms in total. The molecule has 20 heavy (non-hydrogen) atoms. The van der Waals surface area contributed by atoms with E-state index in [-0.39, 0.29) is 26.8 Å². The Morgan fingerprint density at radius 1 is 1.25 bits per heavy atom. The maximum Gasteiger partial charge on any atom is 0.329 e. The third kappa shape index (κ3) is 3.06. The third-order valence-electron chi connectivity index (χ3n) is 2.18. The summed E-state index contributed by atoms with van der Waals surface area (Å²) in [5.41, 5.74) is -0.176. The lowest BCUT2D eigenvalue weighted by atomic mass is 10.3. The number of nitrogens with one attached hydrogen (secondary N) is 1. The lowest BCUT2D eigenvalue weighted by Crippen LogP contribution is -2.01. The normalized spacial score (nSPS) is 10.4. The van der Waals surface area contributed by atoms with Crippen molar-refractivity contribution in [1.82, 2.24) is 9.97 Å². The second-order valence-electron chi connectivity index (χ2n) is 3.51. The van der Waals surface area contributed by atoms with Gasteiger partial charge in [-0.25, -0.2) is 9.37 Å². The molecular weight excluding hydrogens is 333 g/mol. The van der Waals surface area contributed by atoms with Crippen LogP contribution in [-0.4, -0.2) is 14.9 Å². The lowest BCUT2D eigenvalue weighted by Gasteiger charge is -2.08. The smallest absolute Gasteiger partial charge is 0.329 e. The van der Waals surface area contributed by atoms with Crippen molar-refractivity contribution in [3.8, 4) is 0 Å². The fourth-order valence-electron chi connectivity index (χ4n) is 1.34. The van der Waals surface area contributed by atoms with Crippen LogP contribution in [0.5, 0.6) is 0 Å². The zero-order chi connectivity index (χ0) is 14.9. The summed E-state index contributed by atoms with van der Waals surface area (Å²) >= 11 is 16.8. The van der Waals surface area contributed by atoms with Crippen LogP contribution in [-0.2, 0) is 0 Å². The molecule has 0 aliphatic carbocycles. The van der Waals surface area contributed by atoms with Crippen LogP contribution >= 0.6 is 34.8 Å².